The lowest BCUT2D eigenvalue weighted by Crippen LogP contribution is -2.19. The van der Waals surface area contributed by atoms with E-state index >= 15 is 0 Å². The fourth-order valence-electron chi connectivity index (χ4n) is 10.5. The lowest BCUT2D eigenvalue weighted by Gasteiger charge is -2.30. The van der Waals surface area contributed by atoms with Gasteiger partial charge in [0.1, 0.15) is 0 Å². The molecule has 3 aliphatic carbocycles. The second-order valence-electron chi connectivity index (χ2n) is 17.2. The molecule has 0 spiro atoms. The molecule has 0 N–H and O–H groups in total. The van der Waals surface area contributed by atoms with Crippen LogP contribution in [-0.4, -0.2) is 0 Å². The van der Waals surface area contributed by atoms with Gasteiger partial charge in [0.05, 0.1) is 0 Å². The van der Waals surface area contributed by atoms with Gasteiger partial charge in [-0.15, -0.1) is 0 Å². The highest BCUT2D eigenvalue weighted by Crippen LogP contribution is 2.57. The largest absolute Gasteiger partial charge is 0.310 e. The molecule has 7 aromatic rings. The molecule has 0 saturated heterocycles. The molecule has 1 nitrogen and oxygen atoms in total. The van der Waals surface area contributed by atoms with Crippen molar-refractivity contribution < 1.29 is 0 Å². The first-order valence-electron chi connectivity index (χ1n) is 20.4. The number of fused-ring (bicyclic) bond motifs is 6. The topological polar surface area (TPSA) is 3.24 Å². The summed E-state index contributed by atoms with van der Waals surface area (Å²) in [4.78, 5) is 2.47. The molecule has 270 valence electrons. The summed E-state index contributed by atoms with van der Waals surface area (Å²) in [6.07, 6.45) is 6.68. The van der Waals surface area contributed by atoms with E-state index in [4.69, 9.17) is 0 Å². The van der Waals surface area contributed by atoms with Crippen LogP contribution in [0.4, 0.5) is 17.1 Å². The van der Waals surface area contributed by atoms with Gasteiger partial charge in [-0.2, -0.15) is 0 Å². The number of nitrogens with zero attached hydrogens (tertiary/aromatic N) is 1. The fraction of sp³-hybridized carbons (Fsp3) is 0.222. The summed E-state index contributed by atoms with van der Waals surface area (Å²) in [5.41, 5.74) is 21.0. The van der Waals surface area contributed by atoms with Crippen molar-refractivity contribution in [2.75, 3.05) is 4.90 Å². The van der Waals surface area contributed by atoms with Gasteiger partial charge in [-0.25, -0.2) is 0 Å². The summed E-state index contributed by atoms with van der Waals surface area (Å²) in [5.74, 6) is 0.678. The molecule has 0 atom stereocenters. The molecule has 1 saturated carbocycles. The van der Waals surface area contributed by atoms with E-state index in [1.807, 2.05) is 0 Å². The molecule has 0 heterocycles. The molecule has 55 heavy (non-hydrogen) atoms. The normalized spacial score (nSPS) is 16.2. The second kappa shape index (κ2) is 13.0. The standard InChI is InChI=1S/C54H49N/c1-53(2)49-27-12-11-22-43(49)45-23-14-25-47(51(45)53)48-26-15-24-46-44-33-32-42(35-50(44)54(3,4)52(46)48)55(40-30-28-38(29-31-40)36-16-7-5-8-17-36)41-21-13-20-39(34-41)37-18-9-6-10-19-37/h6,9-15,18-36H,5,7-8,16-17H2,1-4H3. The van der Waals surface area contributed by atoms with Crippen LogP contribution >= 0.6 is 0 Å². The minimum Gasteiger partial charge on any atom is -0.310 e. The molecule has 0 unspecified atom stereocenters. The van der Waals surface area contributed by atoms with Crippen LogP contribution in [0.15, 0.2) is 158 Å². The van der Waals surface area contributed by atoms with Crippen LogP contribution in [0.5, 0.6) is 0 Å². The van der Waals surface area contributed by atoms with E-state index in [0.29, 0.717) is 5.92 Å². The molecule has 3 aliphatic rings. The van der Waals surface area contributed by atoms with Crippen LogP contribution in [0, 0.1) is 0 Å². The average molecular weight is 712 g/mol. The molecule has 10 rings (SSSR count). The predicted molar refractivity (Wildman–Crippen MR) is 233 cm³/mol. The third-order valence-electron chi connectivity index (χ3n) is 13.2. The Morgan fingerprint density at radius 3 is 1.60 bits per heavy atom. The van der Waals surface area contributed by atoms with Crippen molar-refractivity contribution in [1.82, 2.24) is 0 Å². The highest BCUT2D eigenvalue weighted by molar-refractivity contribution is 5.94. The van der Waals surface area contributed by atoms with Crippen molar-refractivity contribution in [2.45, 2.75) is 76.5 Å². The molecular weight excluding hydrogens is 663 g/mol. The van der Waals surface area contributed by atoms with Crippen molar-refractivity contribution in [2.24, 2.45) is 0 Å². The van der Waals surface area contributed by atoms with Crippen LogP contribution in [0.1, 0.15) is 93.5 Å². The van der Waals surface area contributed by atoms with E-state index < -0.39 is 0 Å². The van der Waals surface area contributed by atoms with Crippen LogP contribution in [-0.2, 0) is 10.8 Å². The van der Waals surface area contributed by atoms with Crippen molar-refractivity contribution in [3.8, 4) is 44.5 Å². The van der Waals surface area contributed by atoms with Gasteiger partial charge in [-0.1, -0.05) is 168 Å². The van der Waals surface area contributed by atoms with E-state index in [0.717, 1.165) is 0 Å². The van der Waals surface area contributed by atoms with E-state index in [-0.39, 0.29) is 10.8 Å². The quantitative estimate of drug-likeness (QED) is 0.166. The number of rotatable bonds is 6. The fourth-order valence-corrected chi connectivity index (χ4v) is 10.5. The number of benzene rings is 7. The van der Waals surface area contributed by atoms with Gasteiger partial charge >= 0.3 is 0 Å². The number of hydrogen-bond acceptors (Lipinski definition) is 1. The summed E-state index contributed by atoms with van der Waals surface area (Å²) in [5, 5.41) is 0. The lowest BCUT2D eigenvalue weighted by atomic mass is 9.74. The Bertz CT molecular complexity index is 2560. The monoisotopic (exact) mass is 711 g/mol. The van der Waals surface area contributed by atoms with E-state index in [2.05, 4.69) is 190 Å². The Hall–Kier alpha value is -5.66. The Morgan fingerprint density at radius 2 is 0.909 bits per heavy atom. The van der Waals surface area contributed by atoms with Crippen molar-refractivity contribution >= 4 is 17.1 Å². The molecule has 0 bridgehead atoms. The zero-order valence-corrected chi connectivity index (χ0v) is 32.6. The first kappa shape index (κ1) is 33.9. The molecule has 1 heteroatoms. The lowest BCUT2D eigenvalue weighted by molar-refractivity contribution is 0.443. The first-order chi connectivity index (χ1) is 26.8. The van der Waals surface area contributed by atoms with Crippen molar-refractivity contribution in [3.63, 3.8) is 0 Å². The van der Waals surface area contributed by atoms with Gasteiger partial charge < -0.3 is 4.90 Å². The highest BCUT2D eigenvalue weighted by Gasteiger charge is 2.41. The molecule has 1 fully saturated rings. The molecule has 0 radical (unpaired) electrons. The molecule has 0 amide bonds. The predicted octanol–water partition coefficient (Wildman–Crippen LogP) is 15.2. The maximum Gasteiger partial charge on any atom is 0.0467 e. The summed E-state index contributed by atoms with van der Waals surface area (Å²) in [7, 11) is 0. The smallest absolute Gasteiger partial charge is 0.0467 e. The first-order valence-corrected chi connectivity index (χ1v) is 20.4. The third kappa shape index (κ3) is 5.42. The highest BCUT2D eigenvalue weighted by atomic mass is 15.1. The molecule has 0 aromatic heterocycles. The van der Waals surface area contributed by atoms with Crippen LogP contribution < -0.4 is 4.90 Å². The van der Waals surface area contributed by atoms with Crippen LogP contribution in [0.25, 0.3) is 44.5 Å². The SMILES string of the molecule is CC1(C)c2ccccc2-c2cccc(-c3cccc4c3C(C)(C)c3cc(N(c5ccc(C6CCCCC6)cc5)c5cccc(-c6ccccc6)c5)ccc3-4)c21. The summed E-state index contributed by atoms with van der Waals surface area (Å²) >= 11 is 0. The van der Waals surface area contributed by atoms with Gasteiger partial charge in [0.15, 0.2) is 0 Å². The number of hydrogen-bond donors (Lipinski definition) is 0. The van der Waals surface area contributed by atoms with Gasteiger partial charge in [0.25, 0.3) is 0 Å². The van der Waals surface area contributed by atoms with E-state index in [1.165, 1.54) is 121 Å². The minimum atomic E-state index is -0.210. The zero-order valence-electron chi connectivity index (χ0n) is 32.6. The Labute approximate surface area is 327 Å². The minimum absolute atomic E-state index is 0.0880. The maximum absolute atomic E-state index is 2.48. The van der Waals surface area contributed by atoms with Gasteiger partial charge in [0.2, 0.25) is 0 Å². The molecule has 0 aliphatic heterocycles. The Balaban J connectivity index is 1.10. The van der Waals surface area contributed by atoms with Gasteiger partial charge in [0, 0.05) is 27.9 Å². The average Bonchev–Trinajstić information content (AvgIpc) is 3.61. The van der Waals surface area contributed by atoms with Gasteiger partial charge in [-0.05, 0) is 127 Å². The summed E-state index contributed by atoms with van der Waals surface area (Å²) in [6, 6.07) is 59.5. The summed E-state index contributed by atoms with van der Waals surface area (Å²) in [6.45, 7) is 9.68. The van der Waals surface area contributed by atoms with Crippen LogP contribution in [0.3, 0.4) is 0 Å². The van der Waals surface area contributed by atoms with E-state index in [9.17, 15) is 0 Å². The Morgan fingerprint density at radius 1 is 0.400 bits per heavy atom. The van der Waals surface area contributed by atoms with Crippen molar-refractivity contribution in [3.05, 3.63) is 186 Å². The van der Waals surface area contributed by atoms with Gasteiger partial charge in [-0.3, -0.25) is 0 Å². The summed E-state index contributed by atoms with van der Waals surface area (Å²) < 4.78 is 0. The Kier molecular flexibility index (Phi) is 8.00. The number of anilines is 3. The zero-order chi connectivity index (χ0) is 37.3. The molecule has 7 aromatic carbocycles. The van der Waals surface area contributed by atoms with Crippen molar-refractivity contribution in [1.29, 1.82) is 0 Å². The molecular formula is C54H49N. The third-order valence-corrected chi connectivity index (χ3v) is 13.2. The van der Waals surface area contributed by atoms with Crippen LogP contribution in [0.2, 0.25) is 0 Å². The van der Waals surface area contributed by atoms with E-state index in [1.54, 1.807) is 0 Å². The maximum atomic E-state index is 2.48. The second-order valence-corrected chi connectivity index (χ2v) is 17.2.